The Morgan fingerprint density at radius 3 is 2.67 bits per heavy atom. The number of hydrogen-bond acceptors (Lipinski definition) is 5. The van der Waals surface area contributed by atoms with E-state index in [1.54, 1.807) is 23.1 Å². The number of thiophene rings is 1. The summed E-state index contributed by atoms with van der Waals surface area (Å²) in [5, 5.41) is 19.3. The van der Waals surface area contributed by atoms with Gasteiger partial charge in [-0.2, -0.15) is 5.26 Å². The predicted molar refractivity (Wildman–Crippen MR) is 127 cm³/mol. The maximum Gasteiger partial charge on any atom is 0.254 e. The van der Waals surface area contributed by atoms with Crippen molar-refractivity contribution in [2.45, 2.75) is 45.4 Å². The van der Waals surface area contributed by atoms with Crippen LogP contribution in [0.3, 0.4) is 0 Å². The molecule has 0 saturated carbocycles. The van der Waals surface area contributed by atoms with Crippen LogP contribution in [0, 0.1) is 11.3 Å². The van der Waals surface area contributed by atoms with Gasteiger partial charge in [0.05, 0.1) is 22.6 Å². The molecule has 1 aromatic heterocycles. The number of dihydropyridines is 1. The van der Waals surface area contributed by atoms with Crippen LogP contribution in [-0.4, -0.2) is 11.7 Å². The quantitative estimate of drug-likeness (QED) is 0.446. The zero-order valence-electron chi connectivity index (χ0n) is 17.4. The van der Waals surface area contributed by atoms with Gasteiger partial charge in [-0.1, -0.05) is 50.5 Å². The minimum atomic E-state index is -0.349. The molecule has 4 nitrogen and oxygen atoms in total. The van der Waals surface area contributed by atoms with E-state index in [1.165, 1.54) is 19.3 Å². The molecule has 0 aliphatic carbocycles. The Labute approximate surface area is 187 Å². The zero-order chi connectivity index (χ0) is 21.3. The Hall–Kier alpha value is -2.49. The van der Waals surface area contributed by atoms with Gasteiger partial charge >= 0.3 is 0 Å². The van der Waals surface area contributed by atoms with Gasteiger partial charge in [-0.3, -0.25) is 4.79 Å². The van der Waals surface area contributed by atoms with Crippen molar-refractivity contribution < 1.29 is 4.79 Å². The molecule has 1 aliphatic heterocycles. The van der Waals surface area contributed by atoms with Crippen LogP contribution in [0.4, 0.5) is 5.69 Å². The zero-order valence-corrected chi connectivity index (χ0v) is 19.0. The third kappa shape index (κ3) is 5.35. The van der Waals surface area contributed by atoms with E-state index in [-0.39, 0.29) is 11.8 Å². The molecule has 1 aromatic carbocycles. The molecule has 0 spiro atoms. The average molecular weight is 438 g/mol. The SMILES string of the molecule is CCCCCCSC1=C(C#N)[C@H](c2cccs2)C(C(=O)Nc2ccccc2)=C(C)N1. The Morgan fingerprint density at radius 1 is 1.20 bits per heavy atom. The molecule has 156 valence electrons. The van der Waals surface area contributed by atoms with Gasteiger partial charge < -0.3 is 10.6 Å². The molecule has 6 heteroatoms. The van der Waals surface area contributed by atoms with Crippen molar-refractivity contribution in [3.05, 3.63) is 74.6 Å². The van der Waals surface area contributed by atoms with E-state index >= 15 is 0 Å². The number of unbranched alkanes of at least 4 members (excludes halogenated alkanes) is 3. The molecule has 0 saturated heterocycles. The highest BCUT2D eigenvalue weighted by Gasteiger charge is 2.35. The summed E-state index contributed by atoms with van der Waals surface area (Å²) in [6.45, 7) is 4.13. The number of nitrogens with zero attached hydrogens (tertiary/aromatic N) is 1. The highest BCUT2D eigenvalue weighted by atomic mass is 32.2. The summed E-state index contributed by atoms with van der Waals surface area (Å²) in [6.07, 6.45) is 4.76. The van der Waals surface area contributed by atoms with Gasteiger partial charge in [0.25, 0.3) is 5.91 Å². The minimum Gasteiger partial charge on any atom is -0.353 e. The molecule has 1 atom stereocenters. The number of hydrogen-bond donors (Lipinski definition) is 2. The Morgan fingerprint density at radius 2 is 2.00 bits per heavy atom. The molecule has 1 aliphatic rings. The Balaban J connectivity index is 1.88. The lowest BCUT2D eigenvalue weighted by atomic mass is 9.86. The molecule has 2 aromatic rings. The van der Waals surface area contributed by atoms with Crippen molar-refractivity contribution in [1.29, 1.82) is 5.26 Å². The second-order valence-electron chi connectivity index (χ2n) is 7.20. The second-order valence-corrected chi connectivity index (χ2v) is 9.28. The summed E-state index contributed by atoms with van der Waals surface area (Å²) in [5.74, 6) is 0.436. The first-order valence-electron chi connectivity index (χ1n) is 10.3. The lowest BCUT2D eigenvalue weighted by Crippen LogP contribution is -2.30. The third-order valence-corrected chi connectivity index (χ3v) is 7.04. The topological polar surface area (TPSA) is 64.9 Å². The Bertz CT molecular complexity index is 956. The van der Waals surface area contributed by atoms with Crippen molar-refractivity contribution in [3.8, 4) is 6.07 Å². The maximum atomic E-state index is 13.2. The molecule has 0 radical (unpaired) electrons. The van der Waals surface area contributed by atoms with Crippen molar-refractivity contribution >= 4 is 34.7 Å². The van der Waals surface area contributed by atoms with Crippen molar-refractivity contribution in [2.24, 2.45) is 0 Å². The van der Waals surface area contributed by atoms with E-state index in [0.717, 1.165) is 33.5 Å². The summed E-state index contributed by atoms with van der Waals surface area (Å²) in [5.41, 5.74) is 2.78. The monoisotopic (exact) mass is 437 g/mol. The number of allylic oxidation sites excluding steroid dienone is 2. The van der Waals surface area contributed by atoms with Crippen molar-refractivity contribution in [3.63, 3.8) is 0 Å². The molecule has 30 heavy (non-hydrogen) atoms. The largest absolute Gasteiger partial charge is 0.353 e. The number of para-hydroxylation sites is 1. The standard InChI is InChI=1S/C24H27N3OS2/c1-3-4-5-9-14-30-24-19(16-25)22(20-13-10-15-29-20)21(17(2)26-24)23(28)27-18-11-7-6-8-12-18/h6-8,10-13,15,22,26H,3-5,9,14H2,1-2H3,(H,27,28)/t22-/m1/s1. The van der Waals surface area contributed by atoms with Crippen LogP contribution in [0.5, 0.6) is 0 Å². The van der Waals surface area contributed by atoms with Crippen LogP contribution in [-0.2, 0) is 4.79 Å². The number of nitriles is 1. The number of rotatable bonds is 9. The fourth-order valence-electron chi connectivity index (χ4n) is 3.49. The highest BCUT2D eigenvalue weighted by Crippen LogP contribution is 2.42. The molecule has 0 fully saturated rings. The van der Waals surface area contributed by atoms with Gasteiger partial charge in [0.1, 0.15) is 0 Å². The van der Waals surface area contributed by atoms with E-state index < -0.39 is 0 Å². The number of carbonyl (C=O) groups is 1. The molecule has 1 amide bonds. The van der Waals surface area contributed by atoms with Crippen LogP contribution in [0.25, 0.3) is 0 Å². The average Bonchev–Trinajstić information content (AvgIpc) is 3.28. The number of carbonyl (C=O) groups excluding carboxylic acids is 1. The van der Waals surface area contributed by atoms with Gasteiger partial charge in [-0.25, -0.2) is 0 Å². The molecule has 3 rings (SSSR count). The molecule has 0 bridgehead atoms. The van der Waals surface area contributed by atoms with Crippen LogP contribution < -0.4 is 10.6 Å². The Kier molecular flexibility index (Phi) is 8.18. The third-order valence-electron chi connectivity index (χ3n) is 5.00. The van der Waals surface area contributed by atoms with Gasteiger partial charge in [0, 0.05) is 21.8 Å². The van der Waals surface area contributed by atoms with Crippen molar-refractivity contribution in [2.75, 3.05) is 11.1 Å². The maximum absolute atomic E-state index is 13.2. The number of thioether (sulfide) groups is 1. The lowest BCUT2D eigenvalue weighted by Gasteiger charge is -2.29. The van der Waals surface area contributed by atoms with E-state index in [4.69, 9.17) is 0 Å². The molecular weight excluding hydrogens is 410 g/mol. The van der Waals surface area contributed by atoms with E-state index in [9.17, 15) is 10.1 Å². The molecular formula is C24H27N3OS2. The van der Waals surface area contributed by atoms with Crippen LogP contribution in [0.2, 0.25) is 0 Å². The van der Waals surface area contributed by atoms with Gasteiger partial charge in [0.2, 0.25) is 0 Å². The fourth-order valence-corrected chi connectivity index (χ4v) is 5.43. The normalized spacial score (nSPS) is 16.2. The van der Waals surface area contributed by atoms with Gasteiger partial charge in [-0.05, 0) is 42.7 Å². The molecule has 0 unspecified atom stereocenters. The lowest BCUT2D eigenvalue weighted by molar-refractivity contribution is -0.113. The smallest absolute Gasteiger partial charge is 0.254 e. The summed E-state index contributed by atoms with van der Waals surface area (Å²) < 4.78 is 0. The van der Waals surface area contributed by atoms with Gasteiger partial charge in [0.15, 0.2) is 0 Å². The summed E-state index contributed by atoms with van der Waals surface area (Å²) in [6, 6.07) is 15.8. The number of amides is 1. The molecule has 2 heterocycles. The number of benzene rings is 1. The molecule has 2 N–H and O–H groups in total. The highest BCUT2D eigenvalue weighted by molar-refractivity contribution is 8.03. The minimum absolute atomic E-state index is 0.177. The number of anilines is 1. The van der Waals surface area contributed by atoms with Crippen LogP contribution in [0.1, 0.15) is 50.3 Å². The fraction of sp³-hybridized carbons (Fsp3) is 0.333. The van der Waals surface area contributed by atoms with Crippen LogP contribution in [0.15, 0.2) is 69.7 Å². The predicted octanol–water partition coefficient (Wildman–Crippen LogP) is 6.40. The first-order valence-corrected chi connectivity index (χ1v) is 12.2. The summed E-state index contributed by atoms with van der Waals surface area (Å²) in [7, 11) is 0. The first-order chi connectivity index (χ1) is 14.7. The second kappa shape index (κ2) is 11.1. The van der Waals surface area contributed by atoms with E-state index in [0.29, 0.717) is 11.1 Å². The van der Waals surface area contributed by atoms with Crippen molar-refractivity contribution in [1.82, 2.24) is 5.32 Å². The van der Waals surface area contributed by atoms with E-state index in [1.807, 2.05) is 54.8 Å². The summed E-state index contributed by atoms with van der Waals surface area (Å²) >= 11 is 3.27. The summed E-state index contributed by atoms with van der Waals surface area (Å²) in [4.78, 5) is 14.2. The van der Waals surface area contributed by atoms with Crippen LogP contribution >= 0.6 is 23.1 Å². The van der Waals surface area contributed by atoms with Gasteiger partial charge in [-0.15, -0.1) is 23.1 Å². The number of nitrogens with one attached hydrogen (secondary N) is 2. The van der Waals surface area contributed by atoms with E-state index in [2.05, 4.69) is 23.6 Å². The first kappa shape index (κ1) is 22.2.